The molecular formula is C15H10N2O4. The zero-order valence-corrected chi connectivity index (χ0v) is 10.8. The maximum absolute atomic E-state index is 11.8. The van der Waals surface area contributed by atoms with Gasteiger partial charge in [0.05, 0.1) is 11.3 Å². The monoisotopic (exact) mass is 282 g/mol. The van der Waals surface area contributed by atoms with Crippen molar-refractivity contribution < 1.29 is 14.5 Å². The van der Waals surface area contributed by atoms with E-state index in [-0.39, 0.29) is 18.0 Å². The predicted molar refractivity (Wildman–Crippen MR) is 74.7 cm³/mol. The van der Waals surface area contributed by atoms with E-state index in [2.05, 4.69) is 5.32 Å². The molecule has 0 fully saturated rings. The van der Waals surface area contributed by atoms with Crippen LogP contribution >= 0.6 is 0 Å². The molecule has 0 atom stereocenters. The lowest BCUT2D eigenvalue weighted by Gasteiger charge is -2.18. The molecule has 3 rings (SSSR count). The van der Waals surface area contributed by atoms with Crippen LogP contribution in [0.25, 0.3) is 11.1 Å². The largest absolute Gasteiger partial charge is 0.292 e. The first-order chi connectivity index (χ1) is 10.1. The van der Waals surface area contributed by atoms with Gasteiger partial charge < -0.3 is 0 Å². The molecule has 0 saturated heterocycles. The van der Waals surface area contributed by atoms with Crippen molar-refractivity contribution in [3.05, 3.63) is 63.7 Å². The highest BCUT2D eigenvalue weighted by Crippen LogP contribution is 2.30. The van der Waals surface area contributed by atoms with Crippen molar-refractivity contribution in [3.8, 4) is 11.1 Å². The van der Waals surface area contributed by atoms with E-state index in [0.29, 0.717) is 22.3 Å². The maximum Gasteiger partial charge on any atom is 0.270 e. The van der Waals surface area contributed by atoms with Gasteiger partial charge in [-0.1, -0.05) is 24.3 Å². The van der Waals surface area contributed by atoms with Gasteiger partial charge in [0.25, 0.3) is 11.6 Å². The second kappa shape index (κ2) is 4.82. The summed E-state index contributed by atoms with van der Waals surface area (Å²) in [5, 5.41) is 13.1. The Morgan fingerprint density at radius 2 is 1.76 bits per heavy atom. The molecule has 0 radical (unpaired) electrons. The molecule has 0 spiro atoms. The average molecular weight is 282 g/mol. The Bertz CT molecular complexity index is 783. The molecule has 0 aliphatic carbocycles. The van der Waals surface area contributed by atoms with Crippen LogP contribution < -0.4 is 5.32 Å². The summed E-state index contributed by atoms with van der Waals surface area (Å²) >= 11 is 0. The van der Waals surface area contributed by atoms with Crippen LogP contribution in [0.3, 0.4) is 0 Å². The lowest BCUT2D eigenvalue weighted by atomic mass is 9.90. The summed E-state index contributed by atoms with van der Waals surface area (Å²) in [5.74, 6) is -0.807. The number of nitrogens with one attached hydrogen (secondary N) is 1. The number of carbonyl (C=O) groups is 2. The summed E-state index contributed by atoms with van der Waals surface area (Å²) in [6.07, 6.45) is 0.0833. The third-order valence-electron chi connectivity index (χ3n) is 3.38. The third kappa shape index (κ3) is 2.27. The molecule has 6 heteroatoms. The number of carbonyl (C=O) groups excluding carboxylic acids is 2. The molecule has 1 aliphatic rings. The minimum absolute atomic E-state index is 0.0308. The van der Waals surface area contributed by atoms with Crippen molar-refractivity contribution in [2.24, 2.45) is 0 Å². The van der Waals surface area contributed by atoms with Gasteiger partial charge in [-0.15, -0.1) is 0 Å². The van der Waals surface area contributed by atoms with E-state index >= 15 is 0 Å². The fraction of sp³-hybridized carbons (Fsp3) is 0.0667. The minimum atomic E-state index is -0.475. The number of nitrogens with zero attached hydrogens (tertiary/aromatic N) is 1. The van der Waals surface area contributed by atoms with E-state index in [1.807, 2.05) is 0 Å². The van der Waals surface area contributed by atoms with Crippen molar-refractivity contribution in [1.29, 1.82) is 0 Å². The van der Waals surface area contributed by atoms with Gasteiger partial charge in [-0.2, -0.15) is 0 Å². The Balaban J connectivity index is 2.18. The van der Waals surface area contributed by atoms with Gasteiger partial charge in [0.15, 0.2) is 0 Å². The zero-order valence-electron chi connectivity index (χ0n) is 10.8. The number of hydrogen-bond donors (Lipinski definition) is 1. The predicted octanol–water partition coefficient (Wildman–Crippen LogP) is 2.07. The van der Waals surface area contributed by atoms with Crippen LogP contribution in [0.15, 0.2) is 42.5 Å². The van der Waals surface area contributed by atoms with Crippen molar-refractivity contribution in [3.63, 3.8) is 0 Å². The number of benzene rings is 2. The molecule has 1 aliphatic heterocycles. The normalized spacial score (nSPS) is 13.5. The Labute approximate surface area is 119 Å². The molecule has 2 amide bonds. The number of amides is 2. The highest BCUT2D eigenvalue weighted by atomic mass is 16.6. The lowest BCUT2D eigenvalue weighted by Crippen LogP contribution is -2.37. The molecule has 1 N–H and O–H groups in total. The Morgan fingerprint density at radius 3 is 2.52 bits per heavy atom. The minimum Gasteiger partial charge on any atom is -0.292 e. The molecule has 0 unspecified atom stereocenters. The topological polar surface area (TPSA) is 89.3 Å². The fourth-order valence-corrected chi connectivity index (χ4v) is 2.45. The molecule has 1 heterocycles. The molecule has 104 valence electrons. The van der Waals surface area contributed by atoms with E-state index in [4.69, 9.17) is 0 Å². The fourth-order valence-electron chi connectivity index (χ4n) is 2.45. The van der Waals surface area contributed by atoms with E-state index < -0.39 is 10.8 Å². The van der Waals surface area contributed by atoms with Gasteiger partial charge in [0.1, 0.15) is 0 Å². The van der Waals surface area contributed by atoms with Gasteiger partial charge in [-0.25, -0.2) is 0 Å². The van der Waals surface area contributed by atoms with Crippen LogP contribution in [0.5, 0.6) is 0 Å². The summed E-state index contributed by atoms with van der Waals surface area (Å²) in [7, 11) is 0. The van der Waals surface area contributed by atoms with E-state index in [9.17, 15) is 19.7 Å². The van der Waals surface area contributed by atoms with Crippen molar-refractivity contribution >= 4 is 17.5 Å². The first kappa shape index (κ1) is 13.0. The van der Waals surface area contributed by atoms with E-state index in [0.717, 1.165) is 0 Å². The quantitative estimate of drug-likeness (QED) is 0.518. The van der Waals surface area contributed by atoms with Gasteiger partial charge in [0.2, 0.25) is 5.91 Å². The highest BCUT2D eigenvalue weighted by molar-refractivity contribution is 6.11. The van der Waals surface area contributed by atoms with Crippen molar-refractivity contribution in [1.82, 2.24) is 5.32 Å². The van der Waals surface area contributed by atoms with Crippen LogP contribution in [0, 0.1) is 10.1 Å². The second-order valence-corrected chi connectivity index (χ2v) is 4.69. The molecular weight excluding hydrogens is 272 g/mol. The standard InChI is InChI=1S/C15H10N2O4/c18-14-8-13-11(5-2-6-12(13)15(19)16-14)9-3-1-4-10(7-9)17(20)21/h1-7H,8H2,(H,16,18,19). The Morgan fingerprint density at radius 1 is 1.05 bits per heavy atom. The van der Waals surface area contributed by atoms with Gasteiger partial charge >= 0.3 is 0 Å². The molecule has 6 nitrogen and oxygen atoms in total. The van der Waals surface area contributed by atoms with Crippen LogP contribution in [0.2, 0.25) is 0 Å². The zero-order chi connectivity index (χ0) is 15.0. The third-order valence-corrected chi connectivity index (χ3v) is 3.38. The first-order valence-corrected chi connectivity index (χ1v) is 6.27. The lowest BCUT2D eigenvalue weighted by molar-refractivity contribution is -0.384. The maximum atomic E-state index is 11.8. The SMILES string of the molecule is O=C1Cc2c(cccc2-c2cccc([N+](=O)[O-])c2)C(=O)N1. The number of nitro groups is 1. The summed E-state index contributed by atoms with van der Waals surface area (Å²) in [5.41, 5.74) is 2.28. The summed E-state index contributed by atoms with van der Waals surface area (Å²) in [4.78, 5) is 33.8. The Hall–Kier alpha value is -3.02. The van der Waals surface area contributed by atoms with Crippen LogP contribution in [0.4, 0.5) is 5.69 Å². The number of hydrogen-bond acceptors (Lipinski definition) is 4. The van der Waals surface area contributed by atoms with Gasteiger partial charge in [-0.3, -0.25) is 25.0 Å². The summed E-state index contributed by atoms with van der Waals surface area (Å²) in [6.45, 7) is 0. The highest BCUT2D eigenvalue weighted by Gasteiger charge is 2.25. The van der Waals surface area contributed by atoms with Crippen molar-refractivity contribution in [2.45, 2.75) is 6.42 Å². The van der Waals surface area contributed by atoms with Crippen LogP contribution in [-0.4, -0.2) is 16.7 Å². The van der Waals surface area contributed by atoms with Crippen LogP contribution in [-0.2, 0) is 11.2 Å². The van der Waals surface area contributed by atoms with Gasteiger partial charge in [-0.05, 0) is 22.8 Å². The number of rotatable bonds is 2. The molecule has 2 aromatic carbocycles. The molecule has 0 bridgehead atoms. The number of imide groups is 1. The molecule has 21 heavy (non-hydrogen) atoms. The van der Waals surface area contributed by atoms with Crippen molar-refractivity contribution in [2.75, 3.05) is 0 Å². The Kier molecular flexibility index (Phi) is 2.98. The van der Waals surface area contributed by atoms with E-state index in [1.54, 1.807) is 30.3 Å². The number of fused-ring (bicyclic) bond motifs is 1. The molecule has 0 saturated carbocycles. The first-order valence-electron chi connectivity index (χ1n) is 6.27. The van der Waals surface area contributed by atoms with Gasteiger partial charge in [0, 0.05) is 17.7 Å². The van der Waals surface area contributed by atoms with Crippen LogP contribution in [0.1, 0.15) is 15.9 Å². The number of non-ortho nitro benzene ring substituents is 1. The summed E-state index contributed by atoms with van der Waals surface area (Å²) in [6, 6.07) is 11.2. The average Bonchev–Trinajstić information content (AvgIpc) is 2.46. The molecule has 0 aromatic heterocycles. The molecule has 2 aromatic rings. The summed E-state index contributed by atoms with van der Waals surface area (Å²) < 4.78 is 0. The smallest absolute Gasteiger partial charge is 0.270 e. The van der Waals surface area contributed by atoms with E-state index in [1.165, 1.54) is 12.1 Å². The second-order valence-electron chi connectivity index (χ2n) is 4.69. The number of nitro benzene ring substituents is 1.